The molecule has 1 aromatic heterocycles. The summed E-state index contributed by atoms with van der Waals surface area (Å²) < 4.78 is 1.90. The van der Waals surface area contributed by atoms with Crippen LogP contribution in [0.25, 0.3) is 0 Å². The molecule has 0 saturated carbocycles. The average Bonchev–Trinajstić information content (AvgIpc) is 3.25. The van der Waals surface area contributed by atoms with Crippen molar-refractivity contribution in [2.75, 3.05) is 12.3 Å². The van der Waals surface area contributed by atoms with Crippen LogP contribution in [-0.4, -0.2) is 43.8 Å². The summed E-state index contributed by atoms with van der Waals surface area (Å²) in [6, 6.07) is 17.0. The standard InChI is InChI=1S/C25H27N5O2S/c1-3-14-30-23(18(2)26-24(32)20-10-5-4-6-11-20)27-28-25(30)33-17-22(31)29-15-13-19-9-7-8-12-21(19)16-29/h3-12,18H,1,13-17H2,2H3,(H,26,32)/t18-/m0/s1. The summed E-state index contributed by atoms with van der Waals surface area (Å²) in [6.45, 7) is 7.55. The van der Waals surface area contributed by atoms with Gasteiger partial charge in [-0.2, -0.15) is 0 Å². The van der Waals surface area contributed by atoms with Gasteiger partial charge in [0, 0.05) is 25.2 Å². The summed E-state index contributed by atoms with van der Waals surface area (Å²) in [5.41, 5.74) is 3.11. The van der Waals surface area contributed by atoms with Crippen molar-refractivity contribution in [1.82, 2.24) is 25.0 Å². The zero-order valence-electron chi connectivity index (χ0n) is 18.6. The number of nitrogens with zero attached hydrogens (tertiary/aromatic N) is 4. The zero-order chi connectivity index (χ0) is 23.2. The van der Waals surface area contributed by atoms with Crippen LogP contribution in [0.1, 0.15) is 40.3 Å². The summed E-state index contributed by atoms with van der Waals surface area (Å²) >= 11 is 1.36. The predicted octanol–water partition coefficient (Wildman–Crippen LogP) is 3.63. The number of hydrogen-bond acceptors (Lipinski definition) is 5. The van der Waals surface area contributed by atoms with E-state index in [0.717, 1.165) is 13.0 Å². The van der Waals surface area contributed by atoms with Crippen LogP contribution in [0.5, 0.6) is 0 Å². The molecular weight excluding hydrogens is 434 g/mol. The number of carbonyl (C=O) groups is 2. The van der Waals surface area contributed by atoms with Gasteiger partial charge in [0.2, 0.25) is 5.91 Å². The molecule has 2 amide bonds. The monoisotopic (exact) mass is 461 g/mol. The van der Waals surface area contributed by atoms with Crippen molar-refractivity contribution in [3.63, 3.8) is 0 Å². The molecule has 4 rings (SSSR count). The first-order valence-electron chi connectivity index (χ1n) is 10.9. The molecule has 0 spiro atoms. The number of thioether (sulfide) groups is 1. The van der Waals surface area contributed by atoms with Gasteiger partial charge in [0.15, 0.2) is 11.0 Å². The molecule has 1 aliphatic heterocycles. The first kappa shape index (κ1) is 22.8. The van der Waals surface area contributed by atoms with Gasteiger partial charge >= 0.3 is 0 Å². The first-order chi connectivity index (χ1) is 16.1. The average molecular weight is 462 g/mol. The molecule has 1 atom stereocenters. The van der Waals surface area contributed by atoms with Gasteiger partial charge in [-0.1, -0.05) is 60.3 Å². The Balaban J connectivity index is 1.40. The van der Waals surface area contributed by atoms with Crippen molar-refractivity contribution in [2.45, 2.75) is 37.6 Å². The van der Waals surface area contributed by atoms with Crippen LogP contribution < -0.4 is 5.32 Å². The maximum absolute atomic E-state index is 12.9. The highest BCUT2D eigenvalue weighted by Crippen LogP contribution is 2.23. The normalized spacial score (nSPS) is 13.8. The van der Waals surface area contributed by atoms with E-state index >= 15 is 0 Å². The molecule has 33 heavy (non-hydrogen) atoms. The molecule has 3 aromatic rings. The highest BCUT2D eigenvalue weighted by molar-refractivity contribution is 7.99. The largest absolute Gasteiger partial charge is 0.342 e. The second-order valence-corrected chi connectivity index (χ2v) is 8.87. The number of nitrogens with one attached hydrogen (secondary N) is 1. The lowest BCUT2D eigenvalue weighted by Gasteiger charge is -2.28. The van der Waals surface area contributed by atoms with Gasteiger partial charge in [0.1, 0.15) is 0 Å². The van der Waals surface area contributed by atoms with E-state index in [1.807, 2.05) is 46.7 Å². The van der Waals surface area contributed by atoms with Crippen molar-refractivity contribution in [3.8, 4) is 0 Å². The number of hydrogen-bond donors (Lipinski definition) is 1. The lowest BCUT2D eigenvalue weighted by atomic mass is 10.00. The molecule has 0 aliphatic carbocycles. The maximum atomic E-state index is 12.9. The highest BCUT2D eigenvalue weighted by Gasteiger charge is 2.23. The fourth-order valence-corrected chi connectivity index (χ4v) is 4.75. The van der Waals surface area contributed by atoms with Gasteiger partial charge in [-0.25, -0.2) is 0 Å². The third kappa shape index (κ3) is 5.34. The van der Waals surface area contributed by atoms with Gasteiger partial charge in [0.05, 0.1) is 11.8 Å². The second kappa shape index (κ2) is 10.5. The van der Waals surface area contributed by atoms with Crippen molar-refractivity contribution >= 4 is 23.6 Å². The molecule has 0 unspecified atom stereocenters. The molecule has 0 fully saturated rings. The molecule has 8 heteroatoms. The number of allylic oxidation sites excluding steroid dienone is 1. The molecule has 7 nitrogen and oxygen atoms in total. The Morgan fingerprint density at radius 1 is 1.12 bits per heavy atom. The van der Waals surface area contributed by atoms with E-state index in [1.54, 1.807) is 18.2 Å². The minimum Gasteiger partial charge on any atom is -0.342 e. The summed E-state index contributed by atoms with van der Waals surface area (Å²) in [7, 11) is 0. The van der Waals surface area contributed by atoms with E-state index in [1.165, 1.54) is 22.9 Å². The molecule has 1 N–H and O–H groups in total. The maximum Gasteiger partial charge on any atom is 0.251 e. The molecule has 2 aromatic carbocycles. The number of rotatable bonds is 8. The Morgan fingerprint density at radius 3 is 2.61 bits per heavy atom. The molecule has 170 valence electrons. The van der Waals surface area contributed by atoms with Gasteiger partial charge in [-0.15, -0.1) is 16.8 Å². The van der Waals surface area contributed by atoms with Crippen LogP contribution in [-0.2, 0) is 24.3 Å². The van der Waals surface area contributed by atoms with E-state index in [2.05, 4.69) is 34.2 Å². The summed E-state index contributed by atoms with van der Waals surface area (Å²) in [4.78, 5) is 27.3. The zero-order valence-corrected chi connectivity index (χ0v) is 19.4. The van der Waals surface area contributed by atoms with Gasteiger partial charge in [0.25, 0.3) is 5.91 Å². The number of amides is 2. The fraction of sp³-hybridized carbons (Fsp3) is 0.280. The Morgan fingerprint density at radius 2 is 1.85 bits per heavy atom. The van der Waals surface area contributed by atoms with Crippen LogP contribution >= 0.6 is 11.8 Å². The molecular formula is C25H27N5O2S. The van der Waals surface area contributed by atoms with Gasteiger partial charge in [-0.3, -0.25) is 9.59 Å². The topological polar surface area (TPSA) is 80.1 Å². The van der Waals surface area contributed by atoms with Crippen LogP contribution in [0.4, 0.5) is 0 Å². The molecule has 1 aliphatic rings. The lowest BCUT2D eigenvalue weighted by Crippen LogP contribution is -2.37. The van der Waals surface area contributed by atoms with Crippen LogP contribution in [0.3, 0.4) is 0 Å². The SMILES string of the molecule is C=CCn1c(SCC(=O)N2CCc3ccccc3C2)nnc1[C@H](C)NC(=O)c1ccccc1. The fourth-order valence-electron chi connectivity index (χ4n) is 3.89. The third-order valence-electron chi connectivity index (χ3n) is 5.64. The summed E-state index contributed by atoms with van der Waals surface area (Å²) in [5, 5.41) is 12.2. The minimum atomic E-state index is -0.353. The van der Waals surface area contributed by atoms with E-state index in [4.69, 9.17) is 0 Å². The van der Waals surface area contributed by atoms with Crippen LogP contribution in [0, 0.1) is 0 Å². The van der Waals surface area contributed by atoms with Crippen molar-refractivity contribution in [3.05, 3.63) is 89.8 Å². The highest BCUT2D eigenvalue weighted by atomic mass is 32.2. The molecule has 2 heterocycles. The van der Waals surface area contributed by atoms with Crippen molar-refractivity contribution in [1.29, 1.82) is 0 Å². The summed E-state index contributed by atoms with van der Waals surface area (Å²) in [5.74, 6) is 0.809. The lowest BCUT2D eigenvalue weighted by molar-refractivity contribution is -0.129. The predicted molar refractivity (Wildman–Crippen MR) is 129 cm³/mol. The minimum absolute atomic E-state index is 0.0784. The van der Waals surface area contributed by atoms with E-state index < -0.39 is 0 Å². The van der Waals surface area contributed by atoms with E-state index in [0.29, 0.717) is 29.6 Å². The molecule has 0 saturated heterocycles. The quantitative estimate of drug-likeness (QED) is 0.409. The van der Waals surface area contributed by atoms with E-state index in [9.17, 15) is 9.59 Å². The van der Waals surface area contributed by atoms with Crippen molar-refractivity contribution < 1.29 is 9.59 Å². The van der Waals surface area contributed by atoms with Crippen LogP contribution in [0.2, 0.25) is 0 Å². The van der Waals surface area contributed by atoms with Gasteiger partial charge < -0.3 is 14.8 Å². The smallest absolute Gasteiger partial charge is 0.251 e. The summed E-state index contributed by atoms with van der Waals surface area (Å²) in [6.07, 6.45) is 2.63. The number of benzene rings is 2. The Labute approximate surface area is 197 Å². The number of fused-ring (bicyclic) bond motifs is 1. The van der Waals surface area contributed by atoms with Crippen LogP contribution in [0.15, 0.2) is 72.4 Å². The van der Waals surface area contributed by atoms with Gasteiger partial charge in [-0.05, 0) is 36.6 Å². The molecule has 0 bridgehead atoms. The Hall–Kier alpha value is -3.39. The first-order valence-corrected chi connectivity index (χ1v) is 11.9. The number of aromatic nitrogens is 3. The molecule has 0 radical (unpaired) electrons. The Bertz CT molecular complexity index is 1140. The van der Waals surface area contributed by atoms with E-state index in [-0.39, 0.29) is 23.6 Å². The second-order valence-electron chi connectivity index (χ2n) is 7.92. The third-order valence-corrected chi connectivity index (χ3v) is 6.59. The number of carbonyl (C=O) groups excluding carboxylic acids is 2. The Kier molecular flexibility index (Phi) is 7.24. The van der Waals surface area contributed by atoms with Crippen molar-refractivity contribution in [2.24, 2.45) is 0 Å².